The van der Waals surface area contributed by atoms with E-state index in [1.807, 2.05) is 24.3 Å². The van der Waals surface area contributed by atoms with Crippen LogP contribution in [0.15, 0.2) is 29.3 Å². The number of rotatable bonds is 6. The molecule has 3 unspecified atom stereocenters. The molecule has 1 saturated carbocycles. The zero-order valence-electron chi connectivity index (χ0n) is 15.5. The Bertz CT molecular complexity index is 522. The molecule has 1 aromatic rings. The second kappa shape index (κ2) is 11.6. The van der Waals surface area contributed by atoms with Crippen molar-refractivity contribution in [2.45, 2.75) is 51.7 Å². The number of hydrogen-bond donors (Lipinski definition) is 3. The first-order valence-corrected chi connectivity index (χ1v) is 8.99. The van der Waals surface area contributed by atoms with Gasteiger partial charge in [-0.15, -0.1) is 24.0 Å². The average molecular weight is 461 g/mol. The van der Waals surface area contributed by atoms with E-state index in [4.69, 9.17) is 4.74 Å². The van der Waals surface area contributed by atoms with E-state index >= 15 is 0 Å². The molecule has 0 aromatic heterocycles. The first-order valence-electron chi connectivity index (χ1n) is 8.99. The lowest BCUT2D eigenvalue weighted by atomic mass is 9.87. The number of methoxy groups -OCH3 is 1. The largest absolute Gasteiger partial charge is 0.497 e. The molecule has 3 atom stereocenters. The normalized spacial score (nSPS) is 21.8. The van der Waals surface area contributed by atoms with Crippen molar-refractivity contribution in [1.82, 2.24) is 10.6 Å². The molecule has 1 aromatic carbocycles. The van der Waals surface area contributed by atoms with Crippen LogP contribution in [0, 0.1) is 5.92 Å². The van der Waals surface area contributed by atoms with Gasteiger partial charge in [0.05, 0.1) is 19.8 Å². The summed E-state index contributed by atoms with van der Waals surface area (Å²) < 4.78 is 5.14. The van der Waals surface area contributed by atoms with Gasteiger partial charge in [-0.05, 0) is 43.4 Å². The number of aliphatic hydroxyl groups excluding tert-OH is 1. The number of aliphatic imine (C=N–C) groups is 1. The Kier molecular flexibility index (Phi) is 10.2. The maximum atomic E-state index is 10.3. The second-order valence-electron chi connectivity index (χ2n) is 6.62. The molecular weight excluding hydrogens is 429 g/mol. The van der Waals surface area contributed by atoms with E-state index in [2.05, 4.69) is 29.5 Å². The molecule has 1 aliphatic rings. The van der Waals surface area contributed by atoms with Crippen LogP contribution in [-0.2, 0) is 0 Å². The molecule has 2 rings (SSSR count). The molecule has 0 heterocycles. The molecule has 25 heavy (non-hydrogen) atoms. The highest BCUT2D eigenvalue weighted by Gasteiger charge is 2.19. The zero-order chi connectivity index (χ0) is 17.4. The lowest BCUT2D eigenvalue weighted by Gasteiger charge is -2.29. The molecule has 0 amide bonds. The van der Waals surface area contributed by atoms with Gasteiger partial charge in [0.25, 0.3) is 0 Å². The van der Waals surface area contributed by atoms with E-state index in [0.717, 1.165) is 29.7 Å². The fraction of sp³-hybridized carbons (Fsp3) is 0.632. The molecular formula is C19H32IN3O2. The van der Waals surface area contributed by atoms with Crippen LogP contribution in [0.1, 0.15) is 51.2 Å². The summed E-state index contributed by atoms with van der Waals surface area (Å²) in [6.45, 7) is 5.52. The van der Waals surface area contributed by atoms with Gasteiger partial charge in [0, 0.05) is 12.6 Å². The molecule has 6 heteroatoms. The third-order valence-corrected chi connectivity index (χ3v) is 4.54. The summed E-state index contributed by atoms with van der Waals surface area (Å²) in [6, 6.07) is 7.94. The molecule has 0 bridgehead atoms. The summed E-state index contributed by atoms with van der Waals surface area (Å²) in [6.07, 6.45) is 4.35. The van der Waals surface area contributed by atoms with Gasteiger partial charge in [-0.1, -0.05) is 31.9 Å². The van der Waals surface area contributed by atoms with E-state index in [1.54, 1.807) is 7.11 Å². The minimum atomic E-state index is -0.614. The van der Waals surface area contributed by atoms with E-state index in [9.17, 15) is 5.11 Å². The van der Waals surface area contributed by atoms with Gasteiger partial charge in [-0.2, -0.15) is 0 Å². The van der Waals surface area contributed by atoms with Crippen LogP contribution in [-0.4, -0.2) is 37.3 Å². The number of halogens is 1. The van der Waals surface area contributed by atoms with Gasteiger partial charge in [-0.25, -0.2) is 0 Å². The van der Waals surface area contributed by atoms with Crippen molar-refractivity contribution in [3.8, 4) is 5.75 Å². The van der Waals surface area contributed by atoms with Crippen LogP contribution in [0.25, 0.3) is 0 Å². The maximum Gasteiger partial charge on any atom is 0.191 e. The van der Waals surface area contributed by atoms with Gasteiger partial charge >= 0.3 is 0 Å². The smallest absolute Gasteiger partial charge is 0.191 e. The van der Waals surface area contributed by atoms with Crippen molar-refractivity contribution < 1.29 is 9.84 Å². The Hall–Kier alpha value is -1.02. The average Bonchev–Trinajstić information content (AvgIpc) is 2.60. The standard InChI is InChI=1S/C19H31N3O2.HI/c1-4-20-19(22-16-7-5-6-14(2)12-16)21-13-18(23)15-8-10-17(24-3)11-9-15;/h8-11,14,16,18,23H,4-7,12-13H2,1-3H3,(H2,20,21,22);1H. The Morgan fingerprint density at radius 2 is 2.04 bits per heavy atom. The molecule has 3 N–H and O–H groups in total. The van der Waals surface area contributed by atoms with Gasteiger partial charge in [0.1, 0.15) is 5.75 Å². The van der Waals surface area contributed by atoms with Gasteiger partial charge < -0.3 is 20.5 Å². The first-order chi connectivity index (χ1) is 11.6. The van der Waals surface area contributed by atoms with E-state index in [0.29, 0.717) is 12.6 Å². The summed E-state index contributed by atoms with van der Waals surface area (Å²) in [4.78, 5) is 4.56. The Morgan fingerprint density at radius 1 is 1.32 bits per heavy atom. The molecule has 0 saturated heterocycles. The molecule has 0 aliphatic heterocycles. The fourth-order valence-corrected chi connectivity index (χ4v) is 3.19. The van der Waals surface area contributed by atoms with Gasteiger partial charge in [-0.3, -0.25) is 4.99 Å². The third-order valence-electron chi connectivity index (χ3n) is 4.54. The highest BCUT2D eigenvalue weighted by atomic mass is 127. The minimum absolute atomic E-state index is 0. The minimum Gasteiger partial charge on any atom is -0.497 e. The van der Waals surface area contributed by atoms with Crippen molar-refractivity contribution in [2.24, 2.45) is 10.9 Å². The summed E-state index contributed by atoms with van der Waals surface area (Å²) in [5.41, 5.74) is 0.849. The number of guanidine groups is 1. The lowest BCUT2D eigenvalue weighted by Crippen LogP contribution is -2.45. The van der Waals surface area contributed by atoms with Crippen LogP contribution in [0.2, 0.25) is 0 Å². The van der Waals surface area contributed by atoms with Crippen molar-refractivity contribution in [1.29, 1.82) is 0 Å². The highest BCUT2D eigenvalue weighted by molar-refractivity contribution is 14.0. The first kappa shape index (κ1) is 22.0. The number of ether oxygens (including phenoxy) is 1. The molecule has 5 nitrogen and oxygen atoms in total. The Morgan fingerprint density at radius 3 is 2.64 bits per heavy atom. The number of nitrogens with zero attached hydrogens (tertiary/aromatic N) is 1. The Balaban J connectivity index is 0.00000312. The predicted molar refractivity (Wildman–Crippen MR) is 114 cm³/mol. The molecule has 0 spiro atoms. The maximum absolute atomic E-state index is 10.3. The quantitative estimate of drug-likeness (QED) is 0.345. The summed E-state index contributed by atoms with van der Waals surface area (Å²) in [5.74, 6) is 2.35. The number of benzene rings is 1. The number of aliphatic hydroxyl groups is 1. The lowest BCUT2D eigenvalue weighted by molar-refractivity contribution is 0.187. The fourth-order valence-electron chi connectivity index (χ4n) is 3.19. The number of nitrogens with one attached hydrogen (secondary N) is 2. The summed E-state index contributed by atoms with van der Waals surface area (Å²) in [5, 5.41) is 17.1. The predicted octanol–water partition coefficient (Wildman–Crippen LogP) is 3.48. The van der Waals surface area contributed by atoms with Crippen molar-refractivity contribution >= 4 is 29.9 Å². The summed E-state index contributed by atoms with van der Waals surface area (Å²) >= 11 is 0. The van der Waals surface area contributed by atoms with E-state index in [-0.39, 0.29) is 24.0 Å². The third kappa shape index (κ3) is 7.40. The van der Waals surface area contributed by atoms with Crippen LogP contribution in [0.4, 0.5) is 0 Å². The van der Waals surface area contributed by atoms with Crippen LogP contribution in [0.5, 0.6) is 5.75 Å². The van der Waals surface area contributed by atoms with Gasteiger partial charge in [0.2, 0.25) is 0 Å². The zero-order valence-corrected chi connectivity index (χ0v) is 17.8. The molecule has 1 aliphatic carbocycles. The van der Waals surface area contributed by atoms with Crippen molar-refractivity contribution in [3.63, 3.8) is 0 Å². The number of hydrogen-bond acceptors (Lipinski definition) is 3. The summed E-state index contributed by atoms with van der Waals surface area (Å²) in [7, 11) is 1.64. The van der Waals surface area contributed by atoms with Crippen LogP contribution >= 0.6 is 24.0 Å². The monoisotopic (exact) mass is 461 g/mol. The second-order valence-corrected chi connectivity index (χ2v) is 6.62. The highest BCUT2D eigenvalue weighted by Crippen LogP contribution is 2.23. The van der Waals surface area contributed by atoms with Crippen LogP contribution < -0.4 is 15.4 Å². The van der Waals surface area contributed by atoms with Crippen LogP contribution in [0.3, 0.4) is 0 Å². The topological polar surface area (TPSA) is 65.9 Å². The van der Waals surface area contributed by atoms with Gasteiger partial charge in [0.15, 0.2) is 5.96 Å². The Labute approximate surface area is 168 Å². The molecule has 1 fully saturated rings. The van der Waals surface area contributed by atoms with Crippen molar-refractivity contribution in [2.75, 3.05) is 20.2 Å². The van der Waals surface area contributed by atoms with E-state index in [1.165, 1.54) is 25.7 Å². The molecule has 142 valence electrons. The molecule has 0 radical (unpaired) electrons. The SMILES string of the molecule is CCNC(=NCC(O)c1ccc(OC)cc1)NC1CCCC(C)C1.I. The van der Waals surface area contributed by atoms with E-state index < -0.39 is 6.10 Å². The van der Waals surface area contributed by atoms with Crippen molar-refractivity contribution in [3.05, 3.63) is 29.8 Å².